The second-order valence-corrected chi connectivity index (χ2v) is 6.70. The first-order chi connectivity index (χ1) is 9.35. The number of hydrogen-bond acceptors (Lipinski definition) is 3. The molecule has 21 heavy (non-hydrogen) atoms. The van der Waals surface area contributed by atoms with Crippen LogP contribution in [-0.2, 0) is 4.74 Å². The van der Waals surface area contributed by atoms with Crippen LogP contribution >= 0.6 is 24.0 Å². The summed E-state index contributed by atoms with van der Waals surface area (Å²) in [5, 5.41) is 10.1. The van der Waals surface area contributed by atoms with Crippen LogP contribution in [0.25, 0.3) is 0 Å². The minimum absolute atomic E-state index is 0. The molecule has 0 aliphatic carbocycles. The van der Waals surface area contributed by atoms with Crippen LogP contribution in [0.2, 0.25) is 0 Å². The largest absolute Gasteiger partial charge is 0.373 e. The zero-order chi connectivity index (χ0) is 15.1. The van der Waals surface area contributed by atoms with Gasteiger partial charge in [-0.2, -0.15) is 0 Å². The lowest BCUT2D eigenvalue weighted by Gasteiger charge is -2.22. The number of ether oxygens (including phenoxy) is 1. The second-order valence-electron chi connectivity index (χ2n) is 6.70. The molecule has 1 rings (SSSR count). The summed E-state index contributed by atoms with van der Waals surface area (Å²) in [6, 6.07) is 0. The molecule has 0 spiro atoms. The van der Waals surface area contributed by atoms with E-state index in [0.29, 0.717) is 0 Å². The van der Waals surface area contributed by atoms with Crippen LogP contribution in [0.5, 0.6) is 0 Å². The van der Waals surface area contributed by atoms with E-state index in [0.717, 1.165) is 51.6 Å². The standard InChI is InChI=1S/C15H32N4O.HI/c1-6-16-13(17-9-10-19-14(2,3)4)18-12-15(5)8-7-11-20-15;/h19H,6-12H2,1-5H3,(H2,16,17,18);1H. The third-order valence-corrected chi connectivity index (χ3v) is 3.29. The lowest BCUT2D eigenvalue weighted by Crippen LogP contribution is -2.45. The Morgan fingerprint density at radius 3 is 2.48 bits per heavy atom. The van der Waals surface area contributed by atoms with E-state index in [1.54, 1.807) is 0 Å². The minimum Gasteiger partial charge on any atom is -0.373 e. The Morgan fingerprint density at radius 2 is 1.95 bits per heavy atom. The molecule has 1 atom stereocenters. The molecule has 126 valence electrons. The summed E-state index contributed by atoms with van der Waals surface area (Å²) in [5.41, 5.74) is 0.0777. The van der Waals surface area contributed by atoms with Gasteiger partial charge in [0.2, 0.25) is 0 Å². The predicted octanol–water partition coefficient (Wildman–Crippen LogP) is 2.12. The zero-order valence-electron chi connectivity index (χ0n) is 14.2. The molecule has 1 aliphatic rings. The number of nitrogens with zero attached hydrogens (tertiary/aromatic N) is 1. The quantitative estimate of drug-likeness (QED) is 0.271. The van der Waals surface area contributed by atoms with Gasteiger partial charge in [0, 0.05) is 31.8 Å². The molecule has 0 aromatic heterocycles. The molecule has 1 aliphatic heterocycles. The average molecular weight is 412 g/mol. The van der Waals surface area contributed by atoms with E-state index in [1.807, 2.05) is 0 Å². The first kappa shape index (κ1) is 20.9. The second kappa shape index (κ2) is 9.84. The summed E-state index contributed by atoms with van der Waals surface area (Å²) in [6.45, 7) is 15.0. The lowest BCUT2D eigenvalue weighted by molar-refractivity contribution is 0.0283. The van der Waals surface area contributed by atoms with Crippen LogP contribution in [0, 0.1) is 0 Å². The number of hydrogen-bond donors (Lipinski definition) is 3. The van der Waals surface area contributed by atoms with Gasteiger partial charge >= 0.3 is 0 Å². The van der Waals surface area contributed by atoms with Crippen molar-refractivity contribution in [3.8, 4) is 0 Å². The van der Waals surface area contributed by atoms with Gasteiger partial charge in [0.15, 0.2) is 5.96 Å². The van der Waals surface area contributed by atoms with E-state index in [-0.39, 0.29) is 35.1 Å². The number of halogens is 1. The maximum Gasteiger partial charge on any atom is 0.191 e. The fourth-order valence-corrected chi connectivity index (χ4v) is 2.17. The fourth-order valence-electron chi connectivity index (χ4n) is 2.17. The van der Waals surface area contributed by atoms with Crippen LogP contribution in [-0.4, -0.2) is 49.9 Å². The molecule has 1 fully saturated rings. The van der Waals surface area contributed by atoms with Crippen molar-refractivity contribution in [3.63, 3.8) is 0 Å². The van der Waals surface area contributed by atoms with Crippen LogP contribution in [0.3, 0.4) is 0 Å². The van der Waals surface area contributed by atoms with Gasteiger partial charge in [-0.1, -0.05) is 0 Å². The Labute approximate surface area is 147 Å². The average Bonchev–Trinajstić information content (AvgIpc) is 2.78. The van der Waals surface area contributed by atoms with E-state index < -0.39 is 0 Å². The van der Waals surface area contributed by atoms with Crippen LogP contribution in [0.1, 0.15) is 47.5 Å². The van der Waals surface area contributed by atoms with Gasteiger partial charge < -0.3 is 20.7 Å². The molecule has 1 unspecified atom stereocenters. The van der Waals surface area contributed by atoms with Crippen molar-refractivity contribution in [2.45, 2.75) is 58.6 Å². The monoisotopic (exact) mass is 412 g/mol. The van der Waals surface area contributed by atoms with Crippen LogP contribution in [0.4, 0.5) is 0 Å². The highest BCUT2D eigenvalue weighted by Crippen LogP contribution is 2.24. The topological polar surface area (TPSA) is 57.7 Å². The van der Waals surface area contributed by atoms with Gasteiger partial charge in [0.25, 0.3) is 0 Å². The number of rotatable bonds is 6. The van der Waals surface area contributed by atoms with Crippen LogP contribution in [0.15, 0.2) is 4.99 Å². The van der Waals surface area contributed by atoms with E-state index >= 15 is 0 Å². The van der Waals surface area contributed by atoms with E-state index in [4.69, 9.17) is 4.74 Å². The zero-order valence-corrected chi connectivity index (χ0v) is 16.5. The molecule has 1 heterocycles. The Balaban J connectivity index is 0.00000400. The molecular formula is C15H33IN4O. The molecule has 0 bridgehead atoms. The molecule has 0 saturated carbocycles. The lowest BCUT2D eigenvalue weighted by atomic mass is 10.0. The molecule has 0 aromatic carbocycles. The molecule has 6 heteroatoms. The summed E-state index contributed by atoms with van der Waals surface area (Å²) in [4.78, 5) is 4.64. The highest BCUT2D eigenvalue weighted by Gasteiger charge is 2.29. The maximum absolute atomic E-state index is 5.76. The molecular weight excluding hydrogens is 379 g/mol. The first-order valence-corrected chi connectivity index (χ1v) is 7.76. The van der Waals surface area contributed by atoms with Gasteiger partial charge in [-0.05, 0) is 47.5 Å². The van der Waals surface area contributed by atoms with Gasteiger partial charge in [0.1, 0.15) is 0 Å². The summed E-state index contributed by atoms with van der Waals surface area (Å²) in [7, 11) is 0. The third-order valence-electron chi connectivity index (χ3n) is 3.29. The number of aliphatic imine (C=N–C) groups is 1. The molecule has 3 N–H and O–H groups in total. The van der Waals surface area contributed by atoms with Crippen molar-refractivity contribution >= 4 is 29.9 Å². The minimum atomic E-state index is -0.0774. The maximum atomic E-state index is 5.76. The summed E-state index contributed by atoms with van der Waals surface area (Å²) < 4.78 is 5.76. The Kier molecular flexibility index (Phi) is 9.80. The highest BCUT2D eigenvalue weighted by atomic mass is 127. The number of nitrogens with one attached hydrogen (secondary N) is 3. The Hall–Kier alpha value is -0.0800. The molecule has 0 aromatic rings. The van der Waals surface area contributed by atoms with Crippen molar-refractivity contribution in [2.24, 2.45) is 4.99 Å². The van der Waals surface area contributed by atoms with Gasteiger partial charge in [-0.25, -0.2) is 0 Å². The molecule has 5 nitrogen and oxygen atoms in total. The normalized spacial score (nSPS) is 22.8. The number of guanidine groups is 1. The van der Waals surface area contributed by atoms with Crippen LogP contribution < -0.4 is 16.0 Å². The van der Waals surface area contributed by atoms with Crippen molar-refractivity contribution in [1.82, 2.24) is 16.0 Å². The van der Waals surface area contributed by atoms with E-state index in [2.05, 4.69) is 55.6 Å². The fraction of sp³-hybridized carbons (Fsp3) is 0.933. The highest BCUT2D eigenvalue weighted by molar-refractivity contribution is 14.0. The summed E-state index contributed by atoms with van der Waals surface area (Å²) >= 11 is 0. The van der Waals surface area contributed by atoms with Gasteiger partial charge in [-0.15, -0.1) is 24.0 Å². The van der Waals surface area contributed by atoms with Crippen molar-refractivity contribution in [1.29, 1.82) is 0 Å². The smallest absolute Gasteiger partial charge is 0.191 e. The SMILES string of the molecule is CCNC(=NCC1(C)CCCO1)NCCNC(C)(C)C.I. The van der Waals surface area contributed by atoms with Crippen molar-refractivity contribution < 1.29 is 4.74 Å². The molecule has 0 amide bonds. The summed E-state index contributed by atoms with van der Waals surface area (Å²) in [6.07, 6.45) is 2.24. The molecule has 0 radical (unpaired) electrons. The van der Waals surface area contributed by atoms with Gasteiger partial charge in [0.05, 0.1) is 12.1 Å². The molecule has 1 saturated heterocycles. The predicted molar refractivity (Wildman–Crippen MR) is 101 cm³/mol. The van der Waals surface area contributed by atoms with Crippen molar-refractivity contribution in [2.75, 3.05) is 32.8 Å². The van der Waals surface area contributed by atoms with E-state index in [1.165, 1.54) is 0 Å². The van der Waals surface area contributed by atoms with Gasteiger partial charge in [-0.3, -0.25) is 4.99 Å². The third kappa shape index (κ3) is 9.52. The summed E-state index contributed by atoms with van der Waals surface area (Å²) in [5.74, 6) is 0.875. The Morgan fingerprint density at radius 1 is 1.24 bits per heavy atom. The first-order valence-electron chi connectivity index (χ1n) is 7.76. The van der Waals surface area contributed by atoms with Crippen molar-refractivity contribution in [3.05, 3.63) is 0 Å². The Bertz CT molecular complexity index is 309. The van der Waals surface area contributed by atoms with E-state index in [9.17, 15) is 0 Å².